The van der Waals surface area contributed by atoms with E-state index in [1.807, 2.05) is 0 Å². The molecule has 1 aromatic carbocycles. The van der Waals surface area contributed by atoms with Crippen molar-refractivity contribution in [3.05, 3.63) is 35.6 Å². The monoisotopic (exact) mass is 343 g/mol. The summed E-state index contributed by atoms with van der Waals surface area (Å²) in [6.45, 7) is 3.44. The normalized spacial score (nSPS) is 16.9. The molecule has 0 radical (unpaired) electrons. The maximum absolute atomic E-state index is 13.6. The largest absolute Gasteiger partial charge is 0.462 e. The number of hydrogen-bond donors (Lipinski definition) is 1. The highest BCUT2D eigenvalue weighted by Gasteiger charge is 2.48. The second kappa shape index (κ2) is 6.97. The minimum absolute atomic E-state index is 0.0529. The van der Waals surface area contributed by atoms with Gasteiger partial charge in [-0.05, 0) is 51.2 Å². The first-order valence-electron chi connectivity index (χ1n) is 7.70. The molecule has 1 N–H and O–H groups in total. The molecule has 7 heteroatoms. The second-order valence-corrected chi connectivity index (χ2v) is 7.99. The van der Waals surface area contributed by atoms with Crippen LogP contribution in [0.3, 0.4) is 0 Å². The zero-order valence-corrected chi connectivity index (χ0v) is 14.2. The van der Waals surface area contributed by atoms with E-state index < -0.39 is 27.3 Å². The lowest BCUT2D eigenvalue weighted by Crippen LogP contribution is -2.60. The molecule has 0 atom stereocenters. The molecular formula is C16H22FNO4S. The standard InChI is InChI=1S/C16H22FNO4S/c1-12(2)22-15(19)16(9-5-10-16)18-23(20,21)11-8-13-6-3-4-7-14(13)17/h3-4,6-7,12,18H,5,8-11H2,1-2H3. The third-order valence-electron chi connectivity index (χ3n) is 3.89. The number of hydrogen-bond acceptors (Lipinski definition) is 4. The van der Waals surface area contributed by atoms with Gasteiger partial charge in [-0.3, -0.25) is 4.79 Å². The summed E-state index contributed by atoms with van der Waals surface area (Å²) < 4.78 is 45.7. The van der Waals surface area contributed by atoms with Crippen LogP contribution in [0.15, 0.2) is 24.3 Å². The molecule has 0 unspecified atom stereocenters. The summed E-state index contributed by atoms with van der Waals surface area (Å²) in [4.78, 5) is 12.2. The van der Waals surface area contributed by atoms with Crippen molar-refractivity contribution in [2.45, 2.75) is 51.2 Å². The van der Waals surface area contributed by atoms with Gasteiger partial charge in [-0.2, -0.15) is 4.72 Å². The van der Waals surface area contributed by atoms with Gasteiger partial charge in [0.2, 0.25) is 10.0 Å². The van der Waals surface area contributed by atoms with Crippen LogP contribution in [-0.4, -0.2) is 31.8 Å². The number of carbonyl (C=O) groups excluding carboxylic acids is 1. The molecule has 0 aromatic heterocycles. The van der Waals surface area contributed by atoms with Crippen LogP contribution < -0.4 is 4.72 Å². The molecule has 128 valence electrons. The number of rotatable bonds is 7. The van der Waals surface area contributed by atoms with Crippen LogP contribution in [0.4, 0.5) is 4.39 Å². The molecule has 5 nitrogen and oxygen atoms in total. The Morgan fingerprint density at radius 1 is 1.35 bits per heavy atom. The Balaban J connectivity index is 2.02. The van der Waals surface area contributed by atoms with Crippen LogP contribution in [0.5, 0.6) is 0 Å². The molecule has 0 amide bonds. The molecule has 1 saturated carbocycles. The number of ether oxygens (including phenoxy) is 1. The molecule has 0 aliphatic heterocycles. The van der Waals surface area contributed by atoms with Gasteiger partial charge in [0.15, 0.2) is 0 Å². The van der Waals surface area contributed by atoms with E-state index in [1.54, 1.807) is 32.0 Å². The summed E-state index contributed by atoms with van der Waals surface area (Å²) in [6.07, 6.45) is 1.37. The van der Waals surface area contributed by atoms with Crippen LogP contribution in [0.25, 0.3) is 0 Å². The second-order valence-electron chi connectivity index (χ2n) is 6.15. The van der Waals surface area contributed by atoms with E-state index in [1.165, 1.54) is 6.07 Å². The third kappa shape index (κ3) is 4.51. The minimum atomic E-state index is -3.71. The van der Waals surface area contributed by atoms with Gasteiger partial charge in [-0.1, -0.05) is 18.2 Å². The van der Waals surface area contributed by atoms with E-state index in [9.17, 15) is 17.6 Å². The topological polar surface area (TPSA) is 72.5 Å². The van der Waals surface area contributed by atoms with Crippen molar-refractivity contribution in [1.29, 1.82) is 0 Å². The Kier molecular flexibility index (Phi) is 5.41. The highest BCUT2D eigenvalue weighted by atomic mass is 32.2. The SMILES string of the molecule is CC(C)OC(=O)C1(NS(=O)(=O)CCc2ccccc2F)CCC1. The number of aryl methyl sites for hydroxylation is 1. The molecule has 23 heavy (non-hydrogen) atoms. The van der Waals surface area contributed by atoms with Crippen molar-refractivity contribution in [3.8, 4) is 0 Å². The van der Waals surface area contributed by atoms with E-state index in [-0.39, 0.29) is 18.3 Å². The first-order chi connectivity index (χ1) is 10.7. The van der Waals surface area contributed by atoms with Gasteiger partial charge in [0.25, 0.3) is 0 Å². The number of nitrogens with one attached hydrogen (secondary N) is 1. The maximum Gasteiger partial charge on any atom is 0.327 e. The fraction of sp³-hybridized carbons (Fsp3) is 0.562. The Morgan fingerprint density at radius 2 is 2.00 bits per heavy atom. The van der Waals surface area contributed by atoms with Crippen LogP contribution in [0, 0.1) is 5.82 Å². The Morgan fingerprint density at radius 3 is 2.52 bits per heavy atom. The number of carbonyl (C=O) groups is 1. The summed E-state index contributed by atoms with van der Waals surface area (Å²) in [5.74, 6) is -1.24. The van der Waals surface area contributed by atoms with E-state index >= 15 is 0 Å². The number of halogens is 1. The summed E-state index contributed by atoms with van der Waals surface area (Å²) in [7, 11) is -3.71. The molecule has 0 heterocycles. The fourth-order valence-electron chi connectivity index (χ4n) is 2.50. The molecule has 1 aliphatic carbocycles. The molecule has 1 aliphatic rings. The quantitative estimate of drug-likeness (QED) is 0.770. The summed E-state index contributed by atoms with van der Waals surface area (Å²) in [5.41, 5.74) is -0.816. The van der Waals surface area contributed by atoms with E-state index in [4.69, 9.17) is 4.74 Å². The van der Waals surface area contributed by atoms with Gasteiger partial charge in [0.05, 0.1) is 11.9 Å². The first kappa shape index (κ1) is 17.9. The van der Waals surface area contributed by atoms with Gasteiger partial charge < -0.3 is 4.74 Å². The Hall–Kier alpha value is -1.47. The number of benzene rings is 1. The average Bonchev–Trinajstić information content (AvgIpc) is 2.41. The Bertz CT molecular complexity index is 668. The molecule has 0 bridgehead atoms. The van der Waals surface area contributed by atoms with Gasteiger partial charge in [0.1, 0.15) is 11.4 Å². The van der Waals surface area contributed by atoms with Gasteiger partial charge in [-0.25, -0.2) is 12.8 Å². The van der Waals surface area contributed by atoms with E-state index in [0.717, 1.165) is 6.42 Å². The lowest BCUT2D eigenvalue weighted by atomic mass is 9.78. The van der Waals surface area contributed by atoms with E-state index in [0.29, 0.717) is 18.4 Å². The Labute approximate surface area is 136 Å². The maximum atomic E-state index is 13.6. The predicted molar refractivity (Wildman–Crippen MR) is 84.8 cm³/mol. The highest BCUT2D eigenvalue weighted by Crippen LogP contribution is 2.34. The summed E-state index contributed by atoms with van der Waals surface area (Å²) >= 11 is 0. The van der Waals surface area contributed by atoms with Crippen molar-refractivity contribution in [3.63, 3.8) is 0 Å². The molecule has 1 fully saturated rings. The lowest BCUT2D eigenvalue weighted by Gasteiger charge is -2.39. The van der Waals surface area contributed by atoms with Crippen molar-refractivity contribution in [2.24, 2.45) is 0 Å². The summed E-state index contributed by atoms with van der Waals surface area (Å²) in [5, 5.41) is 0. The summed E-state index contributed by atoms with van der Waals surface area (Å²) in [6, 6.07) is 6.06. The molecule has 0 saturated heterocycles. The molecule has 0 spiro atoms. The highest BCUT2D eigenvalue weighted by molar-refractivity contribution is 7.89. The molecular weight excluding hydrogens is 321 g/mol. The smallest absolute Gasteiger partial charge is 0.327 e. The van der Waals surface area contributed by atoms with E-state index in [2.05, 4.69) is 4.72 Å². The van der Waals surface area contributed by atoms with Crippen LogP contribution in [0.1, 0.15) is 38.7 Å². The first-order valence-corrected chi connectivity index (χ1v) is 9.35. The van der Waals surface area contributed by atoms with Crippen LogP contribution in [-0.2, 0) is 26.0 Å². The van der Waals surface area contributed by atoms with Gasteiger partial charge in [0, 0.05) is 0 Å². The van der Waals surface area contributed by atoms with Gasteiger partial charge in [-0.15, -0.1) is 0 Å². The van der Waals surface area contributed by atoms with Crippen molar-refractivity contribution < 1.29 is 22.3 Å². The predicted octanol–water partition coefficient (Wildman–Crippen LogP) is 2.16. The zero-order chi connectivity index (χ0) is 17.1. The van der Waals surface area contributed by atoms with Crippen LogP contribution >= 0.6 is 0 Å². The van der Waals surface area contributed by atoms with Gasteiger partial charge >= 0.3 is 5.97 Å². The van der Waals surface area contributed by atoms with Crippen molar-refractivity contribution in [2.75, 3.05) is 5.75 Å². The van der Waals surface area contributed by atoms with Crippen molar-refractivity contribution >= 4 is 16.0 Å². The molecule has 1 aromatic rings. The van der Waals surface area contributed by atoms with Crippen LogP contribution in [0.2, 0.25) is 0 Å². The molecule has 2 rings (SSSR count). The third-order valence-corrected chi connectivity index (χ3v) is 5.33. The fourth-order valence-corrected chi connectivity index (χ4v) is 3.97. The number of esters is 1. The zero-order valence-electron chi connectivity index (χ0n) is 13.3. The minimum Gasteiger partial charge on any atom is -0.462 e. The lowest BCUT2D eigenvalue weighted by molar-refractivity contribution is -0.158. The average molecular weight is 343 g/mol. The number of sulfonamides is 1. The van der Waals surface area contributed by atoms with Crippen molar-refractivity contribution in [1.82, 2.24) is 4.72 Å².